The van der Waals surface area contributed by atoms with Gasteiger partial charge < -0.3 is 21.5 Å². The van der Waals surface area contributed by atoms with E-state index in [9.17, 15) is 19.1 Å². The minimum absolute atomic E-state index is 0.0127. The lowest BCUT2D eigenvalue weighted by atomic mass is 9.85. The quantitative estimate of drug-likeness (QED) is 0.265. The molecule has 5 N–H and O–H groups in total. The first-order valence-electron chi connectivity index (χ1n) is 12.3. The van der Waals surface area contributed by atoms with Crippen molar-refractivity contribution in [3.8, 4) is 0 Å². The molecule has 2 atom stereocenters. The highest BCUT2D eigenvalue weighted by Crippen LogP contribution is 2.25. The van der Waals surface area contributed by atoms with Crippen molar-refractivity contribution in [1.29, 1.82) is 0 Å². The molecule has 1 aromatic heterocycles. The van der Waals surface area contributed by atoms with Gasteiger partial charge in [0, 0.05) is 11.1 Å². The molecule has 0 bridgehead atoms. The molecule has 1 heterocycles. The fraction of sp³-hybridized carbons (Fsp3) is 0.276. The van der Waals surface area contributed by atoms with Crippen molar-refractivity contribution in [3.05, 3.63) is 95.4 Å². The molecule has 2 unspecified atom stereocenters. The zero-order valence-corrected chi connectivity index (χ0v) is 21.6. The number of nitrogens with zero attached hydrogens (tertiary/aromatic N) is 2. The molecule has 0 fully saturated rings. The number of para-hydroxylation sites is 1. The standard InChI is InChI=1S/C29H32FN5O3/c1-29(2,3)26(28(38)32-23(17-36)19-8-5-4-6-9-19)33-27(37)24-21-10-7-11-22(30)25(21)35(34-24)16-18-12-14-20(31)15-13-18/h4-15,23,26,36H,16-17,31H2,1-3H3,(H,32,38)(H,33,37). The summed E-state index contributed by atoms with van der Waals surface area (Å²) in [5.74, 6) is -1.57. The number of aromatic nitrogens is 2. The number of aliphatic hydroxyl groups excluding tert-OH is 1. The van der Waals surface area contributed by atoms with Crippen molar-refractivity contribution in [2.45, 2.75) is 39.4 Å². The maximum atomic E-state index is 14.9. The summed E-state index contributed by atoms with van der Waals surface area (Å²) < 4.78 is 16.4. The molecule has 38 heavy (non-hydrogen) atoms. The molecule has 8 nitrogen and oxygen atoms in total. The van der Waals surface area contributed by atoms with Crippen molar-refractivity contribution in [1.82, 2.24) is 20.4 Å². The average Bonchev–Trinajstić information content (AvgIpc) is 3.26. The van der Waals surface area contributed by atoms with Crippen LogP contribution in [0.3, 0.4) is 0 Å². The summed E-state index contributed by atoms with van der Waals surface area (Å²) in [5, 5.41) is 20.3. The zero-order chi connectivity index (χ0) is 27.4. The SMILES string of the molecule is CC(C)(C)C(NC(=O)c1nn(Cc2ccc(N)cc2)c2c(F)cccc12)C(=O)NC(CO)c1ccccc1. The number of benzene rings is 3. The minimum Gasteiger partial charge on any atom is -0.399 e. The molecule has 198 valence electrons. The van der Waals surface area contributed by atoms with Gasteiger partial charge in [-0.05, 0) is 34.7 Å². The second kappa shape index (κ2) is 11.0. The summed E-state index contributed by atoms with van der Waals surface area (Å²) in [7, 11) is 0. The van der Waals surface area contributed by atoms with Crippen LogP contribution in [0.15, 0.2) is 72.8 Å². The number of aliphatic hydroxyl groups is 1. The summed E-state index contributed by atoms with van der Waals surface area (Å²) in [6.45, 7) is 5.39. The average molecular weight is 518 g/mol. The van der Waals surface area contributed by atoms with E-state index in [0.717, 1.165) is 11.1 Å². The molecule has 2 amide bonds. The summed E-state index contributed by atoms with van der Waals surface area (Å²) in [6, 6.07) is 19.1. The van der Waals surface area contributed by atoms with Crippen LogP contribution in [0, 0.1) is 11.2 Å². The highest BCUT2D eigenvalue weighted by molar-refractivity contribution is 6.06. The van der Waals surface area contributed by atoms with Gasteiger partial charge in [0.05, 0.1) is 19.2 Å². The van der Waals surface area contributed by atoms with Gasteiger partial charge in [0.25, 0.3) is 5.91 Å². The Balaban J connectivity index is 1.63. The van der Waals surface area contributed by atoms with Gasteiger partial charge in [-0.2, -0.15) is 5.10 Å². The Morgan fingerprint density at radius 1 is 1.00 bits per heavy atom. The Morgan fingerprint density at radius 3 is 2.32 bits per heavy atom. The van der Waals surface area contributed by atoms with Gasteiger partial charge >= 0.3 is 0 Å². The number of carbonyl (C=O) groups excluding carboxylic acids is 2. The summed E-state index contributed by atoms with van der Waals surface area (Å²) in [4.78, 5) is 26.9. The summed E-state index contributed by atoms with van der Waals surface area (Å²) in [5.41, 5.74) is 7.48. The molecule has 4 rings (SSSR count). The number of fused-ring (bicyclic) bond motifs is 1. The molecule has 0 radical (unpaired) electrons. The molecule has 0 aliphatic heterocycles. The van der Waals surface area contributed by atoms with Gasteiger partial charge in [-0.3, -0.25) is 14.3 Å². The predicted octanol–water partition coefficient (Wildman–Crippen LogP) is 3.80. The fourth-order valence-corrected chi connectivity index (χ4v) is 4.32. The molecule has 0 aliphatic carbocycles. The van der Waals surface area contributed by atoms with Crippen molar-refractivity contribution in [2.75, 3.05) is 12.3 Å². The minimum atomic E-state index is -0.960. The van der Waals surface area contributed by atoms with E-state index in [2.05, 4.69) is 15.7 Å². The lowest BCUT2D eigenvalue weighted by molar-refractivity contribution is -0.126. The van der Waals surface area contributed by atoms with Gasteiger partial charge in [0.2, 0.25) is 5.91 Å². The molecule has 0 saturated carbocycles. The van der Waals surface area contributed by atoms with Crippen molar-refractivity contribution >= 4 is 28.4 Å². The van der Waals surface area contributed by atoms with Crippen molar-refractivity contribution < 1.29 is 19.1 Å². The van der Waals surface area contributed by atoms with E-state index >= 15 is 0 Å². The first-order valence-corrected chi connectivity index (χ1v) is 12.3. The van der Waals surface area contributed by atoms with E-state index in [1.807, 2.05) is 51.1 Å². The van der Waals surface area contributed by atoms with Gasteiger partial charge in [-0.15, -0.1) is 0 Å². The smallest absolute Gasteiger partial charge is 0.273 e. The lowest BCUT2D eigenvalue weighted by Gasteiger charge is -2.31. The van der Waals surface area contributed by atoms with Crippen LogP contribution in [-0.2, 0) is 11.3 Å². The number of rotatable bonds is 8. The van der Waals surface area contributed by atoms with E-state index in [0.29, 0.717) is 11.1 Å². The van der Waals surface area contributed by atoms with Crippen LogP contribution in [0.2, 0.25) is 0 Å². The molecule has 0 saturated heterocycles. The molecular weight excluding hydrogens is 485 g/mol. The second-order valence-corrected chi connectivity index (χ2v) is 10.3. The van der Waals surface area contributed by atoms with Gasteiger partial charge in [-0.1, -0.05) is 75.4 Å². The molecule has 4 aromatic rings. The lowest BCUT2D eigenvalue weighted by Crippen LogP contribution is -2.54. The maximum absolute atomic E-state index is 14.9. The summed E-state index contributed by atoms with van der Waals surface area (Å²) >= 11 is 0. The third-order valence-corrected chi connectivity index (χ3v) is 6.35. The molecule has 0 spiro atoms. The van der Waals surface area contributed by atoms with Crippen LogP contribution in [0.4, 0.5) is 10.1 Å². The van der Waals surface area contributed by atoms with Gasteiger partial charge in [0.1, 0.15) is 17.4 Å². The molecule has 0 aliphatic rings. The number of carbonyl (C=O) groups is 2. The number of anilines is 1. The Morgan fingerprint density at radius 2 is 1.68 bits per heavy atom. The van der Waals surface area contributed by atoms with E-state index in [1.165, 1.54) is 16.8 Å². The number of nitrogen functional groups attached to an aromatic ring is 1. The van der Waals surface area contributed by atoms with Crippen LogP contribution in [0.1, 0.15) is 48.4 Å². The first kappa shape index (κ1) is 26.8. The number of amides is 2. The normalized spacial score (nSPS) is 13.2. The molecule has 9 heteroatoms. The van der Waals surface area contributed by atoms with Crippen molar-refractivity contribution in [3.63, 3.8) is 0 Å². The van der Waals surface area contributed by atoms with Crippen molar-refractivity contribution in [2.24, 2.45) is 5.41 Å². The highest BCUT2D eigenvalue weighted by Gasteiger charge is 2.35. The van der Waals surface area contributed by atoms with Crippen LogP contribution in [-0.4, -0.2) is 39.4 Å². The van der Waals surface area contributed by atoms with Crippen LogP contribution in [0.25, 0.3) is 10.9 Å². The monoisotopic (exact) mass is 517 g/mol. The predicted molar refractivity (Wildman–Crippen MR) is 145 cm³/mol. The Hall–Kier alpha value is -4.24. The Kier molecular flexibility index (Phi) is 7.78. The fourth-order valence-electron chi connectivity index (χ4n) is 4.32. The molecule has 3 aromatic carbocycles. The second-order valence-electron chi connectivity index (χ2n) is 10.3. The summed E-state index contributed by atoms with van der Waals surface area (Å²) in [6.07, 6.45) is 0. The number of halogens is 1. The first-order chi connectivity index (χ1) is 18.1. The number of hydrogen-bond donors (Lipinski definition) is 4. The number of hydrogen-bond acceptors (Lipinski definition) is 5. The topological polar surface area (TPSA) is 122 Å². The largest absolute Gasteiger partial charge is 0.399 e. The zero-order valence-electron chi connectivity index (χ0n) is 21.6. The molecular formula is C29H32FN5O3. The van der Waals surface area contributed by atoms with Gasteiger partial charge in [-0.25, -0.2) is 4.39 Å². The third kappa shape index (κ3) is 5.84. The highest BCUT2D eigenvalue weighted by atomic mass is 19.1. The van der Waals surface area contributed by atoms with Gasteiger partial charge in [0.15, 0.2) is 5.69 Å². The third-order valence-electron chi connectivity index (χ3n) is 6.35. The van der Waals surface area contributed by atoms with E-state index in [4.69, 9.17) is 5.73 Å². The Bertz CT molecular complexity index is 1430. The Labute approximate surface area is 220 Å². The van der Waals surface area contributed by atoms with Crippen LogP contribution >= 0.6 is 0 Å². The van der Waals surface area contributed by atoms with E-state index in [1.54, 1.807) is 30.3 Å². The van der Waals surface area contributed by atoms with Crippen LogP contribution < -0.4 is 16.4 Å². The van der Waals surface area contributed by atoms with E-state index in [-0.39, 0.29) is 24.4 Å². The van der Waals surface area contributed by atoms with Crippen LogP contribution in [0.5, 0.6) is 0 Å². The maximum Gasteiger partial charge on any atom is 0.273 e. The number of nitrogens with two attached hydrogens (primary N) is 1. The van der Waals surface area contributed by atoms with E-state index < -0.39 is 35.1 Å². The number of nitrogens with one attached hydrogen (secondary N) is 2.